The third-order valence-corrected chi connectivity index (χ3v) is 11.7. The van der Waals surface area contributed by atoms with Gasteiger partial charge >= 0.3 is 5.97 Å². The van der Waals surface area contributed by atoms with Crippen LogP contribution in [-0.4, -0.2) is 11.1 Å². The van der Waals surface area contributed by atoms with Crippen molar-refractivity contribution >= 4 is 51.3 Å². The van der Waals surface area contributed by atoms with Gasteiger partial charge < -0.3 is 14.4 Å². The summed E-state index contributed by atoms with van der Waals surface area (Å²) in [7, 11) is 0. The zero-order valence-corrected chi connectivity index (χ0v) is 30.9. The predicted molar refractivity (Wildman–Crippen MR) is 217 cm³/mol. The monoisotopic (exact) mass is 710 g/mol. The first-order valence-electron chi connectivity index (χ1n) is 17.6. The second kappa shape index (κ2) is 12.8. The van der Waals surface area contributed by atoms with E-state index in [1.807, 2.05) is 12.1 Å². The molecule has 1 N–H and O–H groups in total. The van der Waals surface area contributed by atoms with Gasteiger partial charge in [-0.3, -0.25) is 0 Å². The van der Waals surface area contributed by atoms with E-state index in [0.717, 1.165) is 50.5 Å². The number of aliphatic carboxylic acids is 1. The van der Waals surface area contributed by atoms with E-state index >= 15 is 0 Å². The Kier molecular flexibility index (Phi) is 8.20. The molecular weight excluding hydrogens is 673 g/mol. The fourth-order valence-electron chi connectivity index (χ4n) is 7.74. The Hall–Kier alpha value is -6.16. The van der Waals surface area contributed by atoms with Crippen LogP contribution in [0, 0.1) is 11.3 Å². The van der Waals surface area contributed by atoms with E-state index in [-0.39, 0.29) is 16.4 Å². The SMILES string of the molecule is C=C1/C=C\C(N(c2ccc3c(c2)C(C)(C)c2ccccc2-3)c2ccc3cc(-c4ccc(/C=C(\C#N)C(=O)O)s4)oc3c2)=C/CC(C)(C)c2ccccc21. The molecule has 0 aliphatic heterocycles. The van der Waals surface area contributed by atoms with Crippen LogP contribution in [-0.2, 0) is 15.6 Å². The number of carbonyl (C=O) groups is 1. The molecule has 6 aromatic rings. The van der Waals surface area contributed by atoms with Gasteiger partial charge in [0.1, 0.15) is 23.0 Å². The maximum absolute atomic E-state index is 11.4. The van der Waals surface area contributed by atoms with Crippen LogP contribution < -0.4 is 4.90 Å². The number of allylic oxidation sites excluding steroid dienone is 4. The van der Waals surface area contributed by atoms with E-state index in [1.165, 1.54) is 45.2 Å². The highest BCUT2D eigenvalue weighted by Gasteiger charge is 2.36. The molecule has 4 aromatic carbocycles. The molecule has 0 atom stereocenters. The summed E-state index contributed by atoms with van der Waals surface area (Å²) in [5.41, 5.74) is 11.7. The van der Waals surface area contributed by atoms with E-state index in [9.17, 15) is 15.2 Å². The van der Waals surface area contributed by atoms with Gasteiger partial charge in [-0.25, -0.2) is 4.79 Å². The average molecular weight is 711 g/mol. The van der Waals surface area contributed by atoms with Crippen molar-refractivity contribution in [3.63, 3.8) is 0 Å². The zero-order valence-electron chi connectivity index (χ0n) is 30.1. The van der Waals surface area contributed by atoms with Crippen LogP contribution in [0.1, 0.15) is 61.2 Å². The van der Waals surface area contributed by atoms with E-state index in [1.54, 1.807) is 12.1 Å². The third kappa shape index (κ3) is 5.93. The molecular formula is C47H38N2O3S. The minimum atomic E-state index is -1.25. The standard InChI is InChI=1S/C47H38N2O3S/c1-29-14-16-32(22-23-46(2,3)39-12-8-6-10-36(29)39)49(33-18-20-38-37-11-7-9-13-40(37)47(4,5)41(38)26-33)34-17-15-30-25-43(52-42(30)27-34)44-21-19-35(53-44)24-31(28-48)45(50)51/h6-22,24-27H,1,23H2,2-5H3,(H,50,51)/b16-14-,31-24+,32-22+. The summed E-state index contributed by atoms with van der Waals surface area (Å²) in [4.78, 5) is 15.2. The first kappa shape index (κ1) is 34.0. The van der Waals surface area contributed by atoms with Gasteiger partial charge in [0.05, 0.1) is 4.88 Å². The molecule has 2 aliphatic rings. The second-order valence-electron chi connectivity index (χ2n) is 14.9. The highest BCUT2D eigenvalue weighted by molar-refractivity contribution is 7.16. The van der Waals surface area contributed by atoms with Crippen LogP contribution in [0.2, 0.25) is 0 Å². The Balaban J connectivity index is 1.26. The third-order valence-electron chi connectivity index (χ3n) is 10.6. The molecule has 2 aliphatic carbocycles. The van der Waals surface area contributed by atoms with Gasteiger partial charge in [0, 0.05) is 38.8 Å². The van der Waals surface area contributed by atoms with Crippen LogP contribution in [0.15, 0.2) is 144 Å². The molecule has 0 saturated heterocycles. The molecule has 2 aromatic heterocycles. The van der Waals surface area contributed by atoms with Gasteiger partial charge in [-0.2, -0.15) is 5.26 Å². The summed E-state index contributed by atoms with van der Waals surface area (Å²) in [6.45, 7) is 13.7. The molecule has 0 saturated carbocycles. The number of rotatable bonds is 6. The number of furan rings is 1. The van der Waals surface area contributed by atoms with Crippen molar-refractivity contribution < 1.29 is 14.3 Å². The van der Waals surface area contributed by atoms with Crippen molar-refractivity contribution in [3.8, 4) is 27.8 Å². The van der Waals surface area contributed by atoms with Crippen LogP contribution in [0.3, 0.4) is 0 Å². The molecule has 0 radical (unpaired) electrons. The minimum absolute atomic E-state index is 0.142. The van der Waals surface area contributed by atoms with E-state index in [4.69, 9.17) is 4.42 Å². The van der Waals surface area contributed by atoms with E-state index < -0.39 is 5.97 Å². The maximum Gasteiger partial charge on any atom is 0.346 e. The molecule has 260 valence electrons. The summed E-state index contributed by atoms with van der Waals surface area (Å²) in [6, 6.07) is 37.9. The summed E-state index contributed by atoms with van der Waals surface area (Å²) < 4.78 is 6.50. The van der Waals surface area contributed by atoms with Gasteiger partial charge in [0.25, 0.3) is 0 Å². The Labute approximate surface area is 313 Å². The number of benzene rings is 4. The minimum Gasteiger partial charge on any atom is -0.477 e. The summed E-state index contributed by atoms with van der Waals surface area (Å²) in [5, 5.41) is 19.5. The number of hydrogen-bond acceptors (Lipinski definition) is 5. The number of nitriles is 1. The quantitative estimate of drug-likeness (QED) is 0.138. The molecule has 8 rings (SSSR count). The normalized spacial score (nSPS) is 17.3. The number of anilines is 2. The lowest BCUT2D eigenvalue weighted by Gasteiger charge is -2.30. The molecule has 6 heteroatoms. The van der Waals surface area contributed by atoms with Gasteiger partial charge in [0.15, 0.2) is 0 Å². The number of carboxylic acids is 1. The highest BCUT2D eigenvalue weighted by atomic mass is 32.1. The van der Waals surface area contributed by atoms with Crippen molar-refractivity contribution in [1.82, 2.24) is 0 Å². The number of fused-ring (bicyclic) bond motifs is 5. The molecule has 0 unspecified atom stereocenters. The summed E-state index contributed by atoms with van der Waals surface area (Å²) in [5.74, 6) is -0.571. The molecule has 0 amide bonds. The van der Waals surface area contributed by atoms with Crippen molar-refractivity contribution in [3.05, 3.63) is 166 Å². The molecule has 53 heavy (non-hydrogen) atoms. The van der Waals surface area contributed by atoms with Gasteiger partial charge in [-0.1, -0.05) is 101 Å². The Morgan fingerprint density at radius 2 is 1.55 bits per heavy atom. The lowest BCUT2D eigenvalue weighted by molar-refractivity contribution is -0.132. The zero-order chi connectivity index (χ0) is 37.1. The lowest BCUT2D eigenvalue weighted by Crippen LogP contribution is -2.20. The molecule has 2 heterocycles. The Bertz CT molecular complexity index is 2620. The van der Waals surface area contributed by atoms with E-state index in [2.05, 4.69) is 142 Å². The largest absolute Gasteiger partial charge is 0.477 e. The van der Waals surface area contributed by atoms with Gasteiger partial charge in [-0.15, -0.1) is 11.3 Å². The number of carboxylic acid groups (broad SMARTS) is 1. The maximum atomic E-state index is 11.4. The van der Waals surface area contributed by atoms with Crippen molar-refractivity contribution in [2.24, 2.45) is 0 Å². The molecule has 0 spiro atoms. The van der Waals surface area contributed by atoms with E-state index in [0.29, 0.717) is 10.6 Å². The Morgan fingerprint density at radius 1 is 0.849 bits per heavy atom. The van der Waals surface area contributed by atoms with Crippen LogP contribution >= 0.6 is 11.3 Å². The highest BCUT2D eigenvalue weighted by Crippen LogP contribution is 2.50. The second-order valence-corrected chi connectivity index (χ2v) is 16.0. The first-order chi connectivity index (χ1) is 25.4. The lowest BCUT2D eigenvalue weighted by atomic mass is 9.78. The predicted octanol–water partition coefficient (Wildman–Crippen LogP) is 12.4. The topological polar surface area (TPSA) is 77.5 Å². The molecule has 0 fully saturated rings. The van der Waals surface area contributed by atoms with Crippen molar-refractivity contribution in [2.75, 3.05) is 4.90 Å². The molecule has 0 bridgehead atoms. The van der Waals surface area contributed by atoms with Gasteiger partial charge in [0.2, 0.25) is 0 Å². The fourth-order valence-corrected chi connectivity index (χ4v) is 8.64. The smallest absolute Gasteiger partial charge is 0.346 e. The number of hydrogen-bond donors (Lipinski definition) is 1. The van der Waals surface area contributed by atoms with Crippen LogP contribution in [0.25, 0.3) is 44.4 Å². The number of thiophene rings is 1. The van der Waals surface area contributed by atoms with Crippen LogP contribution in [0.5, 0.6) is 0 Å². The first-order valence-corrected chi connectivity index (χ1v) is 18.5. The van der Waals surface area contributed by atoms with Crippen LogP contribution in [0.4, 0.5) is 11.4 Å². The number of nitrogens with zero attached hydrogens (tertiary/aromatic N) is 2. The average Bonchev–Trinajstić information content (AvgIpc) is 3.86. The fraction of sp³-hybridized carbons (Fsp3) is 0.149. The Morgan fingerprint density at radius 3 is 2.32 bits per heavy atom. The summed E-state index contributed by atoms with van der Waals surface area (Å²) in [6.07, 6.45) is 8.84. The van der Waals surface area contributed by atoms with Crippen molar-refractivity contribution in [1.29, 1.82) is 5.26 Å². The van der Waals surface area contributed by atoms with Crippen molar-refractivity contribution in [2.45, 2.75) is 44.9 Å². The molecule has 5 nitrogen and oxygen atoms in total. The van der Waals surface area contributed by atoms with Gasteiger partial charge in [-0.05, 0) is 105 Å². The summed E-state index contributed by atoms with van der Waals surface area (Å²) >= 11 is 1.38.